The number of hydrogen-bond acceptors (Lipinski definition) is 2. The Morgan fingerprint density at radius 3 is 2.50 bits per heavy atom. The smallest absolute Gasteiger partial charge is 0.0983 e. The SMILES string of the molecule is CC1(C)C[C@]12C/C(=C\O)N(Cc1ccccc1)C2. The first-order valence-corrected chi connectivity index (χ1v) is 6.68. The van der Waals surface area contributed by atoms with Gasteiger partial charge in [-0.3, -0.25) is 0 Å². The van der Waals surface area contributed by atoms with Crippen molar-refractivity contribution in [2.24, 2.45) is 10.8 Å². The van der Waals surface area contributed by atoms with Gasteiger partial charge >= 0.3 is 0 Å². The molecule has 1 atom stereocenters. The Kier molecular flexibility index (Phi) is 2.44. The molecule has 3 rings (SSSR count). The second-order valence-electron chi connectivity index (χ2n) is 6.48. The average molecular weight is 243 g/mol. The Morgan fingerprint density at radius 2 is 1.94 bits per heavy atom. The third-order valence-electron chi connectivity index (χ3n) is 4.88. The van der Waals surface area contributed by atoms with Crippen LogP contribution in [0.5, 0.6) is 0 Å². The zero-order valence-corrected chi connectivity index (χ0v) is 11.2. The molecule has 2 aliphatic rings. The molecule has 1 aliphatic heterocycles. The molecule has 1 aromatic carbocycles. The minimum absolute atomic E-state index is 0.413. The van der Waals surface area contributed by atoms with E-state index in [0.717, 1.165) is 25.2 Å². The summed E-state index contributed by atoms with van der Waals surface area (Å²) in [5.41, 5.74) is 3.26. The molecule has 1 saturated heterocycles. The van der Waals surface area contributed by atoms with Gasteiger partial charge in [0.2, 0.25) is 0 Å². The van der Waals surface area contributed by atoms with Crippen LogP contribution in [0.4, 0.5) is 0 Å². The quantitative estimate of drug-likeness (QED) is 0.800. The summed E-state index contributed by atoms with van der Waals surface area (Å²) in [7, 11) is 0. The maximum atomic E-state index is 9.44. The summed E-state index contributed by atoms with van der Waals surface area (Å²) in [5.74, 6) is 0. The summed E-state index contributed by atoms with van der Waals surface area (Å²) in [6.45, 7) is 6.67. The molecule has 1 aromatic rings. The van der Waals surface area contributed by atoms with Crippen LogP contribution in [0.2, 0.25) is 0 Å². The predicted molar refractivity (Wildman–Crippen MR) is 73.0 cm³/mol. The summed E-state index contributed by atoms with van der Waals surface area (Å²) in [5, 5.41) is 9.44. The highest BCUT2D eigenvalue weighted by atomic mass is 16.2. The molecule has 0 amide bonds. The molecule has 2 nitrogen and oxygen atoms in total. The molecule has 1 heterocycles. The van der Waals surface area contributed by atoms with Gasteiger partial charge in [-0.05, 0) is 29.2 Å². The van der Waals surface area contributed by atoms with E-state index in [0.29, 0.717) is 10.8 Å². The summed E-state index contributed by atoms with van der Waals surface area (Å²) >= 11 is 0. The summed E-state index contributed by atoms with van der Waals surface area (Å²) < 4.78 is 0. The predicted octanol–water partition coefficient (Wildman–Crippen LogP) is 3.71. The number of rotatable bonds is 2. The van der Waals surface area contributed by atoms with Crippen LogP contribution in [0.25, 0.3) is 0 Å². The Morgan fingerprint density at radius 1 is 1.28 bits per heavy atom. The van der Waals surface area contributed by atoms with E-state index in [2.05, 4.69) is 43.0 Å². The van der Waals surface area contributed by atoms with E-state index in [1.165, 1.54) is 18.2 Å². The third kappa shape index (κ3) is 1.71. The zero-order valence-electron chi connectivity index (χ0n) is 11.2. The monoisotopic (exact) mass is 243 g/mol. The van der Waals surface area contributed by atoms with Crippen molar-refractivity contribution in [2.75, 3.05) is 6.54 Å². The fourth-order valence-electron chi connectivity index (χ4n) is 3.44. The average Bonchev–Trinajstić information content (AvgIpc) is 2.69. The van der Waals surface area contributed by atoms with Crippen LogP contribution in [-0.4, -0.2) is 16.6 Å². The van der Waals surface area contributed by atoms with Crippen molar-refractivity contribution in [3.63, 3.8) is 0 Å². The van der Waals surface area contributed by atoms with E-state index in [-0.39, 0.29) is 0 Å². The molecule has 1 saturated carbocycles. The van der Waals surface area contributed by atoms with Gasteiger partial charge in [-0.15, -0.1) is 0 Å². The number of aliphatic hydroxyl groups excluding tert-OH is 1. The van der Waals surface area contributed by atoms with Crippen molar-refractivity contribution >= 4 is 0 Å². The molecule has 1 spiro atoms. The minimum atomic E-state index is 0.413. The molecule has 2 fully saturated rings. The van der Waals surface area contributed by atoms with Crippen LogP contribution in [0.1, 0.15) is 32.3 Å². The highest BCUT2D eigenvalue weighted by Gasteiger charge is 2.64. The maximum absolute atomic E-state index is 9.44. The van der Waals surface area contributed by atoms with Gasteiger partial charge < -0.3 is 10.0 Å². The maximum Gasteiger partial charge on any atom is 0.0983 e. The van der Waals surface area contributed by atoms with Gasteiger partial charge in [-0.2, -0.15) is 0 Å². The zero-order chi connectivity index (χ0) is 12.8. The lowest BCUT2D eigenvalue weighted by Crippen LogP contribution is -2.21. The normalized spacial score (nSPS) is 31.2. The largest absolute Gasteiger partial charge is 0.514 e. The van der Waals surface area contributed by atoms with Crippen LogP contribution in [0.3, 0.4) is 0 Å². The van der Waals surface area contributed by atoms with E-state index >= 15 is 0 Å². The van der Waals surface area contributed by atoms with Crippen molar-refractivity contribution in [1.82, 2.24) is 4.90 Å². The lowest BCUT2D eigenvalue weighted by molar-refractivity contribution is 0.310. The molecule has 0 aromatic heterocycles. The van der Waals surface area contributed by atoms with E-state index in [1.807, 2.05) is 6.07 Å². The summed E-state index contributed by atoms with van der Waals surface area (Å²) in [4.78, 5) is 2.34. The molecule has 18 heavy (non-hydrogen) atoms. The first-order chi connectivity index (χ1) is 8.56. The number of benzene rings is 1. The molecule has 0 bridgehead atoms. The molecule has 0 radical (unpaired) electrons. The molecular formula is C16H21NO. The number of aliphatic hydroxyl groups is 1. The second kappa shape index (κ2) is 3.78. The van der Waals surface area contributed by atoms with Crippen LogP contribution >= 0.6 is 0 Å². The Bertz CT molecular complexity index is 477. The first-order valence-electron chi connectivity index (χ1n) is 6.68. The molecule has 1 aliphatic carbocycles. The highest BCUT2D eigenvalue weighted by molar-refractivity contribution is 5.25. The van der Waals surface area contributed by atoms with Gasteiger partial charge in [-0.1, -0.05) is 44.2 Å². The minimum Gasteiger partial charge on any atom is -0.514 e. The third-order valence-corrected chi connectivity index (χ3v) is 4.88. The van der Waals surface area contributed by atoms with Crippen molar-refractivity contribution in [2.45, 2.75) is 33.2 Å². The van der Waals surface area contributed by atoms with E-state index in [1.54, 1.807) is 0 Å². The fraction of sp³-hybridized carbons (Fsp3) is 0.500. The van der Waals surface area contributed by atoms with Crippen LogP contribution in [-0.2, 0) is 6.54 Å². The lowest BCUT2D eigenvalue weighted by atomic mass is 9.94. The van der Waals surface area contributed by atoms with Crippen molar-refractivity contribution in [3.05, 3.63) is 47.9 Å². The van der Waals surface area contributed by atoms with Gasteiger partial charge in [-0.25, -0.2) is 0 Å². The molecule has 1 N–H and O–H groups in total. The van der Waals surface area contributed by atoms with Crippen LogP contribution in [0, 0.1) is 10.8 Å². The van der Waals surface area contributed by atoms with Crippen molar-refractivity contribution in [1.29, 1.82) is 0 Å². The van der Waals surface area contributed by atoms with E-state index < -0.39 is 0 Å². The van der Waals surface area contributed by atoms with Crippen LogP contribution in [0.15, 0.2) is 42.3 Å². The van der Waals surface area contributed by atoms with Gasteiger partial charge in [0.1, 0.15) is 0 Å². The Labute approximate surface area is 109 Å². The van der Waals surface area contributed by atoms with Crippen LogP contribution < -0.4 is 0 Å². The first kappa shape index (κ1) is 11.6. The van der Waals surface area contributed by atoms with Crippen molar-refractivity contribution in [3.8, 4) is 0 Å². The highest BCUT2D eigenvalue weighted by Crippen LogP contribution is 2.69. The van der Waals surface area contributed by atoms with Crippen molar-refractivity contribution < 1.29 is 5.11 Å². The molecular weight excluding hydrogens is 222 g/mol. The van der Waals surface area contributed by atoms with E-state index in [9.17, 15) is 5.11 Å². The van der Waals surface area contributed by atoms with E-state index in [4.69, 9.17) is 0 Å². The Hall–Kier alpha value is -1.44. The molecule has 2 heteroatoms. The lowest BCUT2D eigenvalue weighted by Gasteiger charge is -2.20. The standard InChI is InChI=1S/C16H21NO/c1-15(2)11-16(15)8-14(10-18)17(12-16)9-13-6-4-3-5-7-13/h3-7,10,18H,8-9,11-12H2,1-2H3/b14-10+/t16-/m0/s1. The Balaban J connectivity index is 1.77. The fourth-order valence-corrected chi connectivity index (χ4v) is 3.44. The van der Waals surface area contributed by atoms with Gasteiger partial charge in [0.15, 0.2) is 0 Å². The second-order valence-corrected chi connectivity index (χ2v) is 6.48. The van der Waals surface area contributed by atoms with Gasteiger partial charge in [0.25, 0.3) is 0 Å². The number of nitrogens with zero attached hydrogens (tertiary/aromatic N) is 1. The topological polar surface area (TPSA) is 23.5 Å². The molecule has 96 valence electrons. The number of likely N-dealkylation sites (tertiary alicyclic amines) is 1. The number of allylic oxidation sites excluding steroid dienone is 1. The summed E-state index contributed by atoms with van der Waals surface area (Å²) in [6, 6.07) is 10.5. The molecule has 0 unspecified atom stereocenters. The summed E-state index contributed by atoms with van der Waals surface area (Å²) in [6.07, 6.45) is 3.62. The number of hydrogen-bond donors (Lipinski definition) is 1. The van der Waals surface area contributed by atoms with Gasteiger partial charge in [0.05, 0.1) is 6.26 Å². The van der Waals surface area contributed by atoms with Gasteiger partial charge in [0, 0.05) is 18.8 Å².